The van der Waals surface area contributed by atoms with Gasteiger partial charge < -0.3 is 10.6 Å². The first-order valence-corrected chi connectivity index (χ1v) is 8.02. The maximum Gasteiger partial charge on any atom is 0.416 e. The van der Waals surface area contributed by atoms with E-state index in [1.165, 1.54) is 0 Å². The van der Waals surface area contributed by atoms with Gasteiger partial charge in [0, 0.05) is 12.6 Å². The van der Waals surface area contributed by atoms with Crippen molar-refractivity contribution >= 4 is 17.9 Å². The van der Waals surface area contributed by atoms with Gasteiger partial charge in [0.25, 0.3) is 0 Å². The van der Waals surface area contributed by atoms with Crippen LogP contribution in [0.15, 0.2) is 24.3 Å². The molecule has 0 aliphatic carbocycles. The van der Waals surface area contributed by atoms with Crippen LogP contribution in [-0.4, -0.2) is 24.4 Å². The lowest BCUT2D eigenvalue weighted by molar-refractivity contribution is -0.143. The molecule has 1 aromatic carbocycles. The number of halogens is 6. The normalized spacial score (nSPS) is 18.9. The molecule has 1 aliphatic rings. The number of hydrogen-bond acceptors (Lipinski definition) is 2. The Morgan fingerprint density at radius 2 is 1.63 bits per heavy atom. The zero-order chi connectivity index (χ0) is 20.2. The van der Waals surface area contributed by atoms with Crippen molar-refractivity contribution < 1.29 is 35.9 Å². The van der Waals surface area contributed by atoms with Gasteiger partial charge in [-0.15, -0.1) is 0 Å². The molecule has 1 atom stereocenters. The van der Waals surface area contributed by atoms with Crippen molar-refractivity contribution in [3.63, 3.8) is 0 Å². The van der Waals surface area contributed by atoms with Gasteiger partial charge >= 0.3 is 12.4 Å². The fourth-order valence-corrected chi connectivity index (χ4v) is 2.54. The van der Waals surface area contributed by atoms with Gasteiger partial charge in [0.1, 0.15) is 6.04 Å². The summed E-state index contributed by atoms with van der Waals surface area (Å²) in [6, 6.07) is 0.235. The van der Waals surface area contributed by atoms with E-state index >= 15 is 0 Å². The van der Waals surface area contributed by atoms with Gasteiger partial charge in [-0.25, -0.2) is 0 Å². The van der Waals surface area contributed by atoms with Crippen LogP contribution < -0.4 is 10.6 Å². The zero-order valence-corrected chi connectivity index (χ0v) is 13.9. The summed E-state index contributed by atoms with van der Waals surface area (Å²) in [6.07, 6.45) is -6.46. The Morgan fingerprint density at radius 1 is 1.04 bits per heavy atom. The molecule has 10 heteroatoms. The minimum Gasteiger partial charge on any atom is -0.354 e. The van der Waals surface area contributed by atoms with E-state index in [0.717, 1.165) is 18.6 Å². The lowest BCUT2D eigenvalue weighted by Gasteiger charge is -2.14. The van der Waals surface area contributed by atoms with Gasteiger partial charge in [-0.3, -0.25) is 9.59 Å². The molecule has 0 spiro atoms. The van der Waals surface area contributed by atoms with Crippen molar-refractivity contribution in [2.75, 3.05) is 6.54 Å². The monoisotopic (exact) mass is 394 g/mol. The third-order valence-electron chi connectivity index (χ3n) is 3.89. The first-order chi connectivity index (χ1) is 12.5. The quantitative estimate of drug-likeness (QED) is 0.609. The van der Waals surface area contributed by atoms with E-state index in [1.54, 1.807) is 0 Å². The molecule has 27 heavy (non-hydrogen) atoms. The molecule has 2 rings (SSSR count). The first kappa shape index (κ1) is 20.8. The Balaban J connectivity index is 2.19. The number of amides is 2. The summed E-state index contributed by atoms with van der Waals surface area (Å²) in [6.45, 7) is 0.478. The number of carbonyl (C=O) groups is 2. The van der Waals surface area contributed by atoms with Gasteiger partial charge in [-0.1, -0.05) is 0 Å². The summed E-state index contributed by atoms with van der Waals surface area (Å²) in [5, 5.41) is 4.98. The van der Waals surface area contributed by atoms with Crippen molar-refractivity contribution in [1.82, 2.24) is 10.6 Å². The average Bonchev–Trinajstić information content (AvgIpc) is 2.76. The lowest BCUT2D eigenvalue weighted by atomic mass is 10.0. The smallest absolute Gasteiger partial charge is 0.354 e. The Morgan fingerprint density at radius 3 is 2.19 bits per heavy atom. The molecule has 0 radical (unpaired) electrons. The number of rotatable bonds is 3. The Labute approximate surface area is 150 Å². The molecule has 2 amide bonds. The topological polar surface area (TPSA) is 58.2 Å². The standard InChI is InChI=1S/C17H16F6N2O2/c18-16(19,20)11-7-10(8-12(9-11)17(21,22)23)4-5-14(26)25-13-3-1-2-6-24-15(13)27/h4-5,7-9,13H,1-3,6H2,(H,24,27)(H,25,26). The van der Waals surface area contributed by atoms with Gasteiger partial charge in [-0.05, 0) is 49.1 Å². The molecule has 0 bridgehead atoms. The summed E-state index contributed by atoms with van der Waals surface area (Å²) < 4.78 is 76.9. The number of benzene rings is 1. The van der Waals surface area contributed by atoms with E-state index in [4.69, 9.17) is 0 Å². The second-order valence-corrected chi connectivity index (χ2v) is 6.02. The molecule has 1 fully saturated rings. The molecule has 0 aromatic heterocycles. The SMILES string of the molecule is O=C(C=Cc1cc(C(F)(F)F)cc(C(F)(F)F)c1)NC1CCCCNC1=O. The second-order valence-electron chi connectivity index (χ2n) is 6.02. The molecule has 1 heterocycles. The van der Waals surface area contributed by atoms with Crippen LogP contribution in [0.5, 0.6) is 0 Å². The van der Waals surface area contributed by atoms with E-state index in [2.05, 4.69) is 10.6 Å². The minimum absolute atomic E-state index is 0.00722. The van der Waals surface area contributed by atoms with Crippen LogP contribution in [0.2, 0.25) is 0 Å². The van der Waals surface area contributed by atoms with E-state index in [-0.39, 0.29) is 12.0 Å². The molecular weight excluding hydrogens is 378 g/mol. The van der Waals surface area contributed by atoms with Crippen molar-refractivity contribution in [2.45, 2.75) is 37.7 Å². The molecule has 1 aliphatic heterocycles. The average molecular weight is 394 g/mol. The van der Waals surface area contributed by atoms with Gasteiger partial charge in [0.15, 0.2) is 0 Å². The van der Waals surface area contributed by atoms with Crippen molar-refractivity contribution in [3.05, 3.63) is 41.0 Å². The summed E-state index contributed by atoms with van der Waals surface area (Å²) in [5.74, 6) is -1.17. The number of hydrogen-bond donors (Lipinski definition) is 2. The van der Waals surface area contributed by atoms with E-state index in [1.807, 2.05) is 0 Å². The highest BCUT2D eigenvalue weighted by atomic mass is 19.4. The lowest BCUT2D eigenvalue weighted by Crippen LogP contribution is -2.44. The first-order valence-electron chi connectivity index (χ1n) is 8.02. The maximum atomic E-state index is 12.8. The van der Waals surface area contributed by atoms with E-state index in [9.17, 15) is 35.9 Å². The van der Waals surface area contributed by atoms with Crippen LogP contribution in [0, 0.1) is 0 Å². The molecule has 2 N–H and O–H groups in total. The highest BCUT2D eigenvalue weighted by Crippen LogP contribution is 2.36. The van der Waals surface area contributed by atoms with Crippen LogP contribution in [-0.2, 0) is 21.9 Å². The molecule has 0 saturated carbocycles. The molecule has 1 unspecified atom stereocenters. The Hall–Kier alpha value is -2.52. The van der Waals surface area contributed by atoms with Gasteiger partial charge in [0.2, 0.25) is 11.8 Å². The zero-order valence-electron chi connectivity index (χ0n) is 13.9. The molecule has 1 saturated heterocycles. The summed E-state index contributed by atoms with van der Waals surface area (Å²) in [7, 11) is 0. The number of nitrogens with one attached hydrogen (secondary N) is 2. The molecule has 148 valence electrons. The van der Waals surface area contributed by atoms with Crippen LogP contribution in [0.1, 0.15) is 36.0 Å². The largest absolute Gasteiger partial charge is 0.416 e. The number of carbonyl (C=O) groups excluding carboxylic acids is 2. The third-order valence-corrected chi connectivity index (χ3v) is 3.89. The van der Waals surface area contributed by atoms with Crippen LogP contribution >= 0.6 is 0 Å². The maximum absolute atomic E-state index is 12.8. The number of alkyl halides is 6. The Bertz CT molecular complexity index is 708. The fraction of sp³-hybridized carbons (Fsp3) is 0.412. The minimum atomic E-state index is -4.97. The van der Waals surface area contributed by atoms with E-state index in [0.29, 0.717) is 31.5 Å². The van der Waals surface area contributed by atoms with Crippen LogP contribution in [0.25, 0.3) is 6.08 Å². The van der Waals surface area contributed by atoms with Crippen LogP contribution in [0.3, 0.4) is 0 Å². The van der Waals surface area contributed by atoms with Crippen LogP contribution in [0.4, 0.5) is 26.3 Å². The van der Waals surface area contributed by atoms with E-state index < -0.39 is 41.0 Å². The van der Waals surface area contributed by atoms with Crippen molar-refractivity contribution in [2.24, 2.45) is 0 Å². The molecular formula is C17H16F6N2O2. The fourth-order valence-electron chi connectivity index (χ4n) is 2.54. The van der Waals surface area contributed by atoms with Gasteiger partial charge in [-0.2, -0.15) is 26.3 Å². The molecule has 4 nitrogen and oxygen atoms in total. The van der Waals surface area contributed by atoms with Crippen molar-refractivity contribution in [1.29, 1.82) is 0 Å². The second kappa shape index (κ2) is 8.01. The predicted molar refractivity (Wildman–Crippen MR) is 84.3 cm³/mol. The Kier molecular flexibility index (Phi) is 6.17. The predicted octanol–water partition coefficient (Wildman–Crippen LogP) is 3.52. The summed E-state index contributed by atoms with van der Waals surface area (Å²) in [5.41, 5.74) is -3.38. The third kappa shape index (κ3) is 6.00. The molecule has 1 aromatic rings. The highest BCUT2D eigenvalue weighted by Gasteiger charge is 2.36. The van der Waals surface area contributed by atoms with Gasteiger partial charge in [0.05, 0.1) is 11.1 Å². The highest BCUT2D eigenvalue weighted by molar-refractivity contribution is 5.95. The summed E-state index contributed by atoms with van der Waals surface area (Å²) >= 11 is 0. The summed E-state index contributed by atoms with van der Waals surface area (Å²) in [4.78, 5) is 23.6. The van der Waals surface area contributed by atoms with Crippen molar-refractivity contribution in [3.8, 4) is 0 Å².